The number of hydrogen-bond acceptors (Lipinski definition) is 3. The number of anilines is 1. The molecule has 2 aromatic rings. The summed E-state index contributed by atoms with van der Waals surface area (Å²) < 4.78 is 1.61. The molecular weight excluding hydrogens is 350 g/mol. The number of allylic oxidation sites excluding steroid dienone is 1. The van der Waals surface area contributed by atoms with E-state index in [1.165, 1.54) is 26.2 Å². The van der Waals surface area contributed by atoms with Gasteiger partial charge in [0.05, 0.1) is 6.04 Å². The number of pyridine rings is 1. The van der Waals surface area contributed by atoms with Crippen LogP contribution in [0.4, 0.5) is 5.69 Å². The van der Waals surface area contributed by atoms with E-state index < -0.39 is 0 Å². The summed E-state index contributed by atoms with van der Waals surface area (Å²) in [5, 5.41) is 2.73. The van der Waals surface area contributed by atoms with Gasteiger partial charge in [-0.25, -0.2) is 0 Å². The Kier molecular flexibility index (Phi) is 6.58. The summed E-state index contributed by atoms with van der Waals surface area (Å²) >= 11 is 0. The monoisotopic (exact) mass is 377 g/mol. The van der Waals surface area contributed by atoms with Crippen molar-refractivity contribution in [2.45, 2.75) is 52.0 Å². The van der Waals surface area contributed by atoms with Crippen LogP contribution in [-0.4, -0.2) is 22.4 Å². The van der Waals surface area contributed by atoms with Crippen LogP contribution in [-0.2, 0) is 4.79 Å². The lowest BCUT2D eigenvalue weighted by Crippen LogP contribution is -2.28. The predicted molar refractivity (Wildman–Crippen MR) is 112 cm³/mol. The molecule has 1 aliphatic rings. The highest BCUT2D eigenvalue weighted by Gasteiger charge is 2.12. The minimum absolute atomic E-state index is 0.108. The largest absolute Gasteiger partial charge is 0.326 e. The molecule has 1 aromatic heterocycles. The van der Waals surface area contributed by atoms with Gasteiger partial charge in [-0.3, -0.25) is 19.1 Å². The molecule has 3 rings (SSSR count). The zero-order valence-corrected chi connectivity index (χ0v) is 16.5. The summed E-state index contributed by atoms with van der Waals surface area (Å²) in [6.45, 7) is 3.49. The van der Waals surface area contributed by atoms with Gasteiger partial charge in [0.1, 0.15) is 5.49 Å². The van der Waals surface area contributed by atoms with Crippen molar-refractivity contribution >= 4 is 23.6 Å². The minimum Gasteiger partial charge on any atom is -0.326 e. The number of carbonyl (C=O) groups is 2. The van der Waals surface area contributed by atoms with Crippen LogP contribution in [0.1, 0.15) is 54.9 Å². The Morgan fingerprint density at radius 2 is 1.82 bits per heavy atom. The molecule has 0 atom stereocenters. The van der Waals surface area contributed by atoms with Crippen LogP contribution in [0.5, 0.6) is 0 Å². The molecule has 1 N–H and O–H groups in total. The van der Waals surface area contributed by atoms with Crippen LogP contribution in [0.25, 0.3) is 6.08 Å². The van der Waals surface area contributed by atoms with E-state index in [-0.39, 0.29) is 11.8 Å². The van der Waals surface area contributed by atoms with Crippen LogP contribution in [0.15, 0.2) is 53.7 Å². The van der Waals surface area contributed by atoms with Crippen molar-refractivity contribution in [2.75, 3.05) is 5.32 Å². The number of amides is 1. The highest BCUT2D eigenvalue weighted by Crippen LogP contribution is 2.19. The van der Waals surface area contributed by atoms with Crippen LogP contribution < -0.4 is 10.8 Å². The van der Waals surface area contributed by atoms with Gasteiger partial charge in [0, 0.05) is 24.9 Å². The first kappa shape index (κ1) is 19.8. The van der Waals surface area contributed by atoms with Gasteiger partial charge in [-0.15, -0.1) is 0 Å². The molecular formula is C23H27N3O2. The van der Waals surface area contributed by atoms with Crippen molar-refractivity contribution in [3.63, 3.8) is 0 Å². The Bertz CT molecular complexity index is 933. The highest BCUT2D eigenvalue weighted by molar-refractivity contribution is 5.93. The van der Waals surface area contributed by atoms with Gasteiger partial charge in [0.25, 0.3) is 5.91 Å². The zero-order chi connectivity index (χ0) is 19.9. The first-order chi connectivity index (χ1) is 13.5. The number of nitrogens with one attached hydrogen (secondary N) is 1. The van der Waals surface area contributed by atoms with Gasteiger partial charge in [-0.1, -0.05) is 31.4 Å². The number of rotatable bonds is 4. The summed E-state index contributed by atoms with van der Waals surface area (Å²) in [6.07, 6.45) is 11.0. The highest BCUT2D eigenvalue weighted by atomic mass is 16.2. The normalized spacial score (nSPS) is 15.7. The van der Waals surface area contributed by atoms with Crippen molar-refractivity contribution in [2.24, 2.45) is 4.99 Å². The molecule has 5 nitrogen and oxygen atoms in total. The molecule has 0 saturated heterocycles. The second kappa shape index (κ2) is 9.31. The molecule has 0 bridgehead atoms. The fourth-order valence-electron chi connectivity index (χ4n) is 3.40. The summed E-state index contributed by atoms with van der Waals surface area (Å²) in [7, 11) is 0. The third-order valence-electron chi connectivity index (χ3n) is 4.87. The fraction of sp³-hybridized carbons (Fsp3) is 0.348. The smallest absolute Gasteiger partial charge is 0.256 e. The Morgan fingerprint density at radius 3 is 2.50 bits per heavy atom. The van der Waals surface area contributed by atoms with Crippen molar-refractivity contribution in [1.82, 2.24) is 4.57 Å². The molecule has 1 aromatic carbocycles. The summed E-state index contributed by atoms with van der Waals surface area (Å²) in [5.41, 5.74) is 3.44. The van der Waals surface area contributed by atoms with E-state index >= 15 is 0 Å². The average molecular weight is 377 g/mol. The summed E-state index contributed by atoms with van der Waals surface area (Å²) in [4.78, 5) is 28.7. The Hall–Kier alpha value is -2.95. The van der Waals surface area contributed by atoms with Gasteiger partial charge >= 0.3 is 0 Å². The molecule has 1 aliphatic carbocycles. The van der Waals surface area contributed by atoms with Crippen LogP contribution in [0, 0.1) is 6.92 Å². The fourth-order valence-corrected chi connectivity index (χ4v) is 3.40. The average Bonchev–Trinajstić information content (AvgIpc) is 2.68. The third-order valence-corrected chi connectivity index (χ3v) is 4.87. The molecule has 0 spiro atoms. The number of nitrogens with zero attached hydrogens (tertiary/aromatic N) is 2. The van der Waals surface area contributed by atoms with E-state index in [1.807, 2.05) is 43.3 Å². The lowest BCUT2D eigenvalue weighted by molar-refractivity contribution is -0.114. The van der Waals surface area contributed by atoms with Gasteiger partial charge < -0.3 is 5.32 Å². The summed E-state index contributed by atoms with van der Waals surface area (Å²) in [5.74, 6) is -0.232. The molecule has 1 fully saturated rings. The van der Waals surface area contributed by atoms with Gasteiger partial charge in [0.2, 0.25) is 5.91 Å². The van der Waals surface area contributed by atoms with Gasteiger partial charge in [0.15, 0.2) is 0 Å². The van der Waals surface area contributed by atoms with E-state index in [4.69, 9.17) is 4.99 Å². The maximum absolute atomic E-state index is 12.8. The molecule has 0 unspecified atom stereocenters. The molecule has 0 aliphatic heterocycles. The van der Waals surface area contributed by atoms with E-state index in [0.717, 1.165) is 35.1 Å². The van der Waals surface area contributed by atoms with E-state index in [0.29, 0.717) is 6.04 Å². The third kappa shape index (κ3) is 5.52. The van der Waals surface area contributed by atoms with Crippen molar-refractivity contribution in [3.8, 4) is 0 Å². The van der Waals surface area contributed by atoms with Crippen LogP contribution in [0.3, 0.4) is 0 Å². The Morgan fingerprint density at radius 1 is 1.11 bits per heavy atom. The number of aromatic nitrogens is 1. The number of carbonyl (C=O) groups excluding carboxylic acids is 2. The predicted octanol–water partition coefficient (Wildman–Crippen LogP) is 4.34. The Balaban J connectivity index is 1.79. The van der Waals surface area contributed by atoms with E-state index in [9.17, 15) is 9.59 Å². The second-order valence-electron chi connectivity index (χ2n) is 7.33. The number of aryl methyl sites for hydroxylation is 1. The van der Waals surface area contributed by atoms with Crippen molar-refractivity contribution in [1.29, 1.82) is 0 Å². The van der Waals surface area contributed by atoms with Crippen molar-refractivity contribution in [3.05, 3.63) is 65.3 Å². The number of benzene rings is 1. The van der Waals surface area contributed by atoms with Crippen molar-refractivity contribution < 1.29 is 9.59 Å². The lowest BCUT2D eigenvalue weighted by Gasteiger charge is -2.17. The molecule has 146 valence electrons. The summed E-state index contributed by atoms with van der Waals surface area (Å²) in [6, 6.07) is 11.6. The number of hydrogen-bond donors (Lipinski definition) is 1. The van der Waals surface area contributed by atoms with Crippen LogP contribution in [0.2, 0.25) is 0 Å². The quantitative estimate of drug-likeness (QED) is 0.806. The molecule has 1 amide bonds. The minimum atomic E-state index is -0.125. The molecule has 5 heteroatoms. The maximum Gasteiger partial charge on any atom is 0.256 e. The lowest BCUT2D eigenvalue weighted by atomic mass is 9.96. The first-order valence-electron chi connectivity index (χ1n) is 9.84. The second-order valence-corrected chi connectivity index (χ2v) is 7.33. The van der Waals surface area contributed by atoms with Gasteiger partial charge in [-0.05, 0) is 61.2 Å². The van der Waals surface area contributed by atoms with Crippen LogP contribution >= 0.6 is 0 Å². The molecule has 0 radical (unpaired) electrons. The Labute approximate surface area is 165 Å². The SMILES string of the molecule is CC(=O)Nc1ccc(/C=C/C(=O)n2ccc(C)cc2=NC2CCCCC2)cc1. The maximum atomic E-state index is 12.8. The standard InChI is InChI=1S/C23H27N3O2/c1-17-14-15-26(22(16-17)25-20-6-4-3-5-7-20)23(28)13-10-19-8-11-21(12-9-19)24-18(2)27/h8-16,20H,3-7H2,1-2H3,(H,24,27)/b13-10+,25-22?. The molecule has 28 heavy (non-hydrogen) atoms. The zero-order valence-electron chi connectivity index (χ0n) is 16.5. The topological polar surface area (TPSA) is 63.5 Å². The van der Waals surface area contributed by atoms with E-state index in [1.54, 1.807) is 22.9 Å². The molecule has 1 heterocycles. The first-order valence-corrected chi connectivity index (χ1v) is 9.84. The molecule has 1 saturated carbocycles. The van der Waals surface area contributed by atoms with E-state index in [2.05, 4.69) is 5.32 Å². The van der Waals surface area contributed by atoms with Gasteiger partial charge in [-0.2, -0.15) is 0 Å².